The highest BCUT2D eigenvalue weighted by molar-refractivity contribution is 5.70. The first-order chi connectivity index (χ1) is 8.15. The van der Waals surface area contributed by atoms with Crippen LogP contribution < -0.4 is 5.32 Å². The Morgan fingerprint density at radius 1 is 1.53 bits per heavy atom. The fourth-order valence-corrected chi connectivity index (χ4v) is 2.33. The van der Waals surface area contributed by atoms with E-state index < -0.39 is 5.97 Å². The number of rotatable bonds is 3. The summed E-state index contributed by atoms with van der Waals surface area (Å²) in [5, 5.41) is 12.3. The third-order valence-electron chi connectivity index (χ3n) is 3.22. The number of hydrogen-bond donors (Lipinski definition) is 2. The normalized spacial score (nSPS) is 24.5. The Morgan fingerprint density at radius 3 is 3.06 bits per heavy atom. The van der Waals surface area contributed by atoms with Crippen molar-refractivity contribution in [2.45, 2.75) is 25.3 Å². The van der Waals surface area contributed by atoms with Crippen molar-refractivity contribution in [1.29, 1.82) is 0 Å². The van der Waals surface area contributed by atoms with Crippen molar-refractivity contribution < 1.29 is 14.3 Å². The molecule has 1 aromatic rings. The SMILES string of the molecule is O=C(O)C1CCNC(Cc2cccc(F)c2)C1. The van der Waals surface area contributed by atoms with E-state index in [0.717, 1.165) is 12.1 Å². The van der Waals surface area contributed by atoms with Crippen LogP contribution in [0.3, 0.4) is 0 Å². The van der Waals surface area contributed by atoms with Crippen LogP contribution >= 0.6 is 0 Å². The monoisotopic (exact) mass is 237 g/mol. The average Bonchev–Trinajstić information content (AvgIpc) is 2.29. The Balaban J connectivity index is 1.97. The number of carboxylic acids is 1. The lowest BCUT2D eigenvalue weighted by Gasteiger charge is -2.28. The number of benzene rings is 1. The summed E-state index contributed by atoms with van der Waals surface area (Å²) in [6, 6.07) is 6.60. The van der Waals surface area contributed by atoms with Gasteiger partial charge in [0.1, 0.15) is 5.82 Å². The van der Waals surface area contributed by atoms with E-state index in [9.17, 15) is 9.18 Å². The van der Waals surface area contributed by atoms with Crippen molar-refractivity contribution in [2.24, 2.45) is 5.92 Å². The average molecular weight is 237 g/mol. The number of halogens is 1. The number of aliphatic carboxylic acids is 1. The zero-order valence-electron chi connectivity index (χ0n) is 9.53. The molecule has 0 aliphatic carbocycles. The lowest BCUT2D eigenvalue weighted by molar-refractivity contribution is -0.142. The Bertz CT molecular complexity index is 408. The van der Waals surface area contributed by atoms with E-state index in [1.807, 2.05) is 6.07 Å². The minimum atomic E-state index is -0.726. The number of carboxylic acid groups (broad SMARTS) is 1. The van der Waals surface area contributed by atoms with Gasteiger partial charge >= 0.3 is 5.97 Å². The van der Waals surface area contributed by atoms with Gasteiger partial charge in [0.2, 0.25) is 0 Å². The second-order valence-corrected chi connectivity index (χ2v) is 4.54. The zero-order chi connectivity index (χ0) is 12.3. The summed E-state index contributed by atoms with van der Waals surface area (Å²) >= 11 is 0. The molecule has 4 heteroatoms. The van der Waals surface area contributed by atoms with Gasteiger partial charge in [0.25, 0.3) is 0 Å². The lowest BCUT2D eigenvalue weighted by atomic mass is 9.89. The molecule has 1 aromatic carbocycles. The van der Waals surface area contributed by atoms with Crippen LogP contribution in [0.5, 0.6) is 0 Å². The fourth-order valence-electron chi connectivity index (χ4n) is 2.33. The largest absolute Gasteiger partial charge is 0.481 e. The molecule has 17 heavy (non-hydrogen) atoms. The molecule has 0 saturated carbocycles. The van der Waals surface area contributed by atoms with E-state index in [1.165, 1.54) is 12.1 Å². The summed E-state index contributed by atoms with van der Waals surface area (Å²) in [5.41, 5.74) is 0.911. The maximum Gasteiger partial charge on any atom is 0.306 e. The van der Waals surface area contributed by atoms with Gasteiger partial charge in [-0.2, -0.15) is 0 Å². The van der Waals surface area contributed by atoms with Crippen LogP contribution in [0.2, 0.25) is 0 Å². The third-order valence-corrected chi connectivity index (χ3v) is 3.22. The summed E-state index contributed by atoms with van der Waals surface area (Å²) in [5.74, 6) is -1.24. The van der Waals surface area contributed by atoms with Gasteiger partial charge < -0.3 is 10.4 Å². The summed E-state index contributed by atoms with van der Waals surface area (Å²) < 4.78 is 13.0. The van der Waals surface area contributed by atoms with Crippen molar-refractivity contribution in [3.63, 3.8) is 0 Å². The van der Waals surface area contributed by atoms with Gasteiger partial charge in [0.15, 0.2) is 0 Å². The second kappa shape index (κ2) is 5.27. The maximum atomic E-state index is 13.0. The summed E-state index contributed by atoms with van der Waals surface area (Å²) in [4.78, 5) is 10.9. The summed E-state index contributed by atoms with van der Waals surface area (Å²) in [6.45, 7) is 0.719. The van der Waals surface area contributed by atoms with Gasteiger partial charge in [-0.15, -0.1) is 0 Å². The van der Waals surface area contributed by atoms with Crippen molar-refractivity contribution in [3.8, 4) is 0 Å². The fraction of sp³-hybridized carbons (Fsp3) is 0.462. The smallest absolute Gasteiger partial charge is 0.306 e. The number of hydrogen-bond acceptors (Lipinski definition) is 2. The van der Waals surface area contributed by atoms with Crippen LogP contribution in [0.15, 0.2) is 24.3 Å². The molecule has 1 aliphatic heterocycles. The molecule has 2 unspecified atom stereocenters. The highest BCUT2D eigenvalue weighted by Gasteiger charge is 2.26. The molecule has 1 heterocycles. The van der Waals surface area contributed by atoms with Crippen LogP contribution in [-0.2, 0) is 11.2 Å². The Labute approximate surface area is 99.7 Å². The van der Waals surface area contributed by atoms with Gasteiger partial charge in [-0.3, -0.25) is 4.79 Å². The molecular weight excluding hydrogens is 221 g/mol. The first-order valence-electron chi connectivity index (χ1n) is 5.86. The molecule has 0 bridgehead atoms. The first-order valence-corrected chi connectivity index (χ1v) is 5.86. The van der Waals surface area contributed by atoms with Crippen molar-refractivity contribution >= 4 is 5.97 Å². The summed E-state index contributed by atoms with van der Waals surface area (Å²) in [6.07, 6.45) is 1.97. The summed E-state index contributed by atoms with van der Waals surface area (Å²) in [7, 11) is 0. The van der Waals surface area contributed by atoms with Crippen LogP contribution in [0, 0.1) is 11.7 Å². The van der Waals surface area contributed by atoms with Gasteiger partial charge in [-0.1, -0.05) is 12.1 Å². The van der Waals surface area contributed by atoms with Gasteiger partial charge in [0.05, 0.1) is 5.92 Å². The van der Waals surface area contributed by atoms with Crippen LogP contribution in [0.1, 0.15) is 18.4 Å². The standard InChI is InChI=1S/C13H16FNO2/c14-11-3-1-2-9(6-11)7-12-8-10(13(16)17)4-5-15-12/h1-3,6,10,12,15H,4-5,7-8H2,(H,16,17). The van der Waals surface area contributed by atoms with E-state index in [2.05, 4.69) is 5.32 Å². The van der Waals surface area contributed by atoms with E-state index in [4.69, 9.17) is 5.11 Å². The molecule has 0 radical (unpaired) electrons. The molecule has 2 rings (SSSR count). The van der Waals surface area contributed by atoms with Crippen molar-refractivity contribution in [2.75, 3.05) is 6.54 Å². The van der Waals surface area contributed by atoms with E-state index in [-0.39, 0.29) is 17.8 Å². The maximum absolute atomic E-state index is 13.0. The minimum absolute atomic E-state index is 0.131. The highest BCUT2D eigenvalue weighted by Crippen LogP contribution is 2.19. The zero-order valence-corrected chi connectivity index (χ0v) is 9.53. The molecule has 1 fully saturated rings. The molecular formula is C13H16FNO2. The van der Waals surface area contributed by atoms with Crippen molar-refractivity contribution in [3.05, 3.63) is 35.6 Å². The molecule has 2 atom stereocenters. The number of nitrogens with one attached hydrogen (secondary N) is 1. The van der Waals surface area contributed by atoms with E-state index >= 15 is 0 Å². The predicted molar refractivity (Wildman–Crippen MR) is 62.3 cm³/mol. The van der Waals surface area contributed by atoms with E-state index in [0.29, 0.717) is 19.3 Å². The molecule has 0 amide bonds. The molecule has 2 N–H and O–H groups in total. The number of piperidine rings is 1. The first kappa shape index (κ1) is 12.0. The molecule has 1 saturated heterocycles. The molecule has 92 valence electrons. The molecule has 0 aromatic heterocycles. The Kier molecular flexibility index (Phi) is 3.74. The highest BCUT2D eigenvalue weighted by atomic mass is 19.1. The number of carbonyl (C=O) groups is 1. The lowest BCUT2D eigenvalue weighted by Crippen LogP contribution is -2.41. The minimum Gasteiger partial charge on any atom is -0.481 e. The van der Waals surface area contributed by atoms with Crippen LogP contribution in [0.25, 0.3) is 0 Å². The van der Waals surface area contributed by atoms with Crippen LogP contribution in [-0.4, -0.2) is 23.7 Å². The third kappa shape index (κ3) is 3.27. The second-order valence-electron chi connectivity index (χ2n) is 4.54. The topological polar surface area (TPSA) is 49.3 Å². The Hall–Kier alpha value is -1.42. The molecule has 1 aliphatic rings. The predicted octanol–water partition coefficient (Wildman–Crippen LogP) is 1.82. The van der Waals surface area contributed by atoms with E-state index in [1.54, 1.807) is 6.07 Å². The van der Waals surface area contributed by atoms with Gasteiger partial charge in [0, 0.05) is 6.04 Å². The molecule has 0 spiro atoms. The van der Waals surface area contributed by atoms with Crippen molar-refractivity contribution in [1.82, 2.24) is 5.32 Å². The van der Waals surface area contributed by atoms with Crippen LogP contribution in [0.4, 0.5) is 4.39 Å². The van der Waals surface area contributed by atoms with Gasteiger partial charge in [-0.05, 0) is 43.5 Å². The quantitative estimate of drug-likeness (QED) is 0.843. The van der Waals surface area contributed by atoms with Gasteiger partial charge in [-0.25, -0.2) is 4.39 Å². The molecule has 3 nitrogen and oxygen atoms in total. The Morgan fingerprint density at radius 2 is 2.35 bits per heavy atom.